The number of anilines is 1. The van der Waals surface area contributed by atoms with Crippen LogP contribution in [0.5, 0.6) is 11.5 Å². The second-order valence-electron chi connectivity index (χ2n) is 6.71. The number of halogens is 1. The van der Waals surface area contributed by atoms with Gasteiger partial charge in [-0.05, 0) is 48.5 Å². The van der Waals surface area contributed by atoms with Crippen LogP contribution in [0.2, 0.25) is 0 Å². The van der Waals surface area contributed by atoms with Crippen molar-refractivity contribution < 1.29 is 18.7 Å². The van der Waals surface area contributed by atoms with Crippen molar-refractivity contribution in [3.05, 3.63) is 90.4 Å². The van der Waals surface area contributed by atoms with Gasteiger partial charge in [-0.25, -0.2) is 9.07 Å². The van der Waals surface area contributed by atoms with Gasteiger partial charge in [-0.2, -0.15) is 5.10 Å². The summed E-state index contributed by atoms with van der Waals surface area (Å²) in [5.74, 6) is 0.251. The number of nitrogens with one attached hydrogen (secondary N) is 1. The Hall–Kier alpha value is -4.13. The zero-order chi connectivity index (χ0) is 21.8. The molecule has 4 aromatic rings. The zero-order valence-electron chi connectivity index (χ0n) is 17.0. The highest BCUT2D eigenvalue weighted by Gasteiger charge is 2.20. The standard InChI is InChI=1S/C24H20FN3O3/c1-30-21-12-11-16(13-22(21)31-2)23-20(15-28(27-23)19-9-4-3-5-10-19)24(29)26-18-8-6-7-17(25)14-18/h3-15H,1-2H3,(H,26,29). The van der Waals surface area contributed by atoms with E-state index in [9.17, 15) is 9.18 Å². The van der Waals surface area contributed by atoms with Crippen LogP contribution in [0.25, 0.3) is 16.9 Å². The van der Waals surface area contributed by atoms with Gasteiger partial charge in [0.25, 0.3) is 5.91 Å². The third-order valence-corrected chi connectivity index (χ3v) is 4.72. The lowest BCUT2D eigenvalue weighted by Gasteiger charge is -2.10. The van der Waals surface area contributed by atoms with Crippen molar-refractivity contribution in [3.63, 3.8) is 0 Å². The molecular formula is C24H20FN3O3. The number of hydrogen-bond acceptors (Lipinski definition) is 4. The summed E-state index contributed by atoms with van der Waals surface area (Å²) in [7, 11) is 3.10. The molecule has 1 heterocycles. The number of methoxy groups -OCH3 is 2. The van der Waals surface area contributed by atoms with E-state index in [1.807, 2.05) is 30.3 Å². The van der Waals surface area contributed by atoms with Crippen molar-refractivity contribution in [2.24, 2.45) is 0 Å². The molecule has 0 unspecified atom stereocenters. The van der Waals surface area contributed by atoms with E-state index in [4.69, 9.17) is 9.47 Å². The smallest absolute Gasteiger partial charge is 0.259 e. The van der Waals surface area contributed by atoms with E-state index < -0.39 is 11.7 Å². The first-order chi connectivity index (χ1) is 15.1. The summed E-state index contributed by atoms with van der Waals surface area (Å²) in [6.45, 7) is 0. The quantitative estimate of drug-likeness (QED) is 0.482. The van der Waals surface area contributed by atoms with Crippen LogP contribution in [0.1, 0.15) is 10.4 Å². The average molecular weight is 417 g/mol. The Morgan fingerprint density at radius 3 is 2.42 bits per heavy atom. The van der Waals surface area contributed by atoms with E-state index in [-0.39, 0.29) is 0 Å². The average Bonchev–Trinajstić information content (AvgIpc) is 3.25. The molecular weight excluding hydrogens is 397 g/mol. The molecule has 1 N–H and O–H groups in total. The molecule has 31 heavy (non-hydrogen) atoms. The van der Waals surface area contributed by atoms with Crippen LogP contribution < -0.4 is 14.8 Å². The Labute approximate surface area is 178 Å². The fourth-order valence-corrected chi connectivity index (χ4v) is 3.21. The van der Waals surface area contributed by atoms with Crippen LogP contribution in [0.15, 0.2) is 79.0 Å². The van der Waals surface area contributed by atoms with Crippen molar-refractivity contribution in [1.29, 1.82) is 0 Å². The van der Waals surface area contributed by atoms with Gasteiger partial charge in [0.1, 0.15) is 11.5 Å². The molecule has 1 aromatic heterocycles. The number of para-hydroxylation sites is 1. The molecule has 0 saturated carbocycles. The fraction of sp³-hybridized carbons (Fsp3) is 0.0833. The maximum atomic E-state index is 13.6. The summed E-state index contributed by atoms with van der Waals surface area (Å²) >= 11 is 0. The first-order valence-electron chi connectivity index (χ1n) is 9.53. The number of ether oxygens (including phenoxy) is 2. The number of benzene rings is 3. The van der Waals surface area contributed by atoms with Gasteiger partial charge in [-0.1, -0.05) is 24.3 Å². The summed E-state index contributed by atoms with van der Waals surface area (Å²) < 4.78 is 25.9. The Morgan fingerprint density at radius 1 is 0.935 bits per heavy atom. The summed E-state index contributed by atoms with van der Waals surface area (Å²) in [6, 6.07) is 20.5. The second-order valence-corrected chi connectivity index (χ2v) is 6.71. The predicted octanol–water partition coefficient (Wildman–Crippen LogP) is 4.95. The molecule has 0 radical (unpaired) electrons. The molecule has 0 atom stereocenters. The lowest BCUT2D eigenvalue weighted by Crippen LogP contribution is -2.12. The minimum Gasteiger partial charge on any atom is -0.493 e. The normalized spacial score (nSPS) is 10.5. The highest BCUT2D eigenvalue weighted by molar-refractivity contribution is 6.08. The van der Waals surface area contributed by atoms with Gasteiger partial charge in [-0.3, -0.25) is 4.79 Å². The van der Waals surface area contributed by atoms with Gasteiger partial charge >= 0.3 is 0 Å². The van der Waals surface area contributed by atoms with E-state index in [1.165, 1.54) is 18.2 Å². The lowest BCUT2D eigenvalue weighted by molar-refractivity contribution is 0.102. The van der Waals surface area contributed by atoms with Gasteiger partial charge in [0.15, 0.2) is 11.5 Å². The molecule has 0 spiro atoms. The Kier molecular flexibility index (Phi) is 5.66. The van der Waals surface area contributed by atoms with Crippen molar-refractivity contribution >= 4 is 11.6 Å². The molecule has 3 aromatic carbocycles. The molecule has 0 aliphatic carbocycles. The first kappa shape index (κ1) is 20.2. The molecule has 156 valence electrons. The van der Waals surface area contributed by atoms with E-state index in [2.05, 4.69) is 10.4 Å². The van der Waals surface area contributed by atoms with Gasteiger partial charge in [0.2, 0.25) is 0 Å². The Bertz CT molecular complexity index is 1220. The predicted molar refractivity (Wildman–Crippen MR) is 116 cm³/mol. The van der Waals surface area contributed by atoms with Crippen molar-refractivity contribution in [1.82, 2.24) is 9.78 Å². The molecule has 0 saturated heterocycles. The van der Waals surface area contributed by atoms with Crippen molar-refractivity contribution in [2.75, 3.05) is 19.5 Å². The van der Waals surface area contributed by atoms with Gasteiger partial charge in [0, 0.05) is 17.4 Å². The second kappa shape index (κ2) is 8.71. The number of carbonyl (C=O) groups excluding carboxylic acids is 1. The van der Waals surface area contributed by atoms with E-state index >= 15 is 0 Å². The summed E-state index contributed by atoms with van der Waals surface area (Å²) in [6.07, 6.45) is 1.65. The third-order valence-electron chi connectivity index (χ3n) is 4.72. The number of carbonyl (C=O) groups is 1. The Balaban J connectivity index is 1.79. The largest absolute Gasteiger partial charge is 0.493 e. The number of aromatic nitrogens is 2. The monoisotopic (exact) mass is 417 g/mol. The van der Waals surface area contributed by atoms with Crippen LogP contribution in [-0.2, 0) is 0 Å². The van der Waals surface area contributed by atoms with Crippen molar-refractivity contribution in [3.8, 4) is 28.4 Å². The maximum absolute atomic E-state index is 13.6. The van der Waals surface area contributed by atoms with Crippen LogP contribution >= 0.6 is 0 Å². The summed E-state index contributed by atoms with van der Waals surface area (Å²) in [4.78, 5) is 13.1. The third kappa shape index (κ3) is 4.25. The fourth-order valence-electron chi connectivity index (χ4n) is 3.21. The van der Waals surface area contributed by atoms with E-state index in [1.54, 1.807) is 49.4 Å². The SMILES string of the molecule is COc1ccc(-c2nn(-c3ccccc3)cc2C(=O)Nc2cccc(F)c2)cc1OC. The molecule has 0 aliphatic heterocycles. The molecule has 7 heteroatoms. The zero-order valence-corrected chi connectivity index (χ0v) is 17.0. The number of amides is 1. The minimum absolute atomic E-state index is 0.334. The Morgan fingerprint density at radius 2 is 1.71 bits per heavy atom. The molecule has 0 aliphatic rings. The highest BCUT2D eigenvalue weighted by Crippen LogP contribution is 2.33. The van der Waals surface area contributed by atoms with Gasteiger partial charge < -0.3 is 14.8 Å². The first-order valence-corrected chi connectivity index (χ1v) is 9.53. The molecule has 0 fully saturated rings. The molecule has 0 bridgehead atoms. The number of nitrogens with zero attached hydrogens (tertiary/aromatic N) is 2. The minimum atomic E-state index is -0.433. The topological polar surface area (TPSA) is 65.4 Å². The van der Waals surface area contributed by atoms with E-state index in [0.29, 0.717) is 34.0 Å². The van der Waals surface area contributed by atoms with Crippen LogP contribution in [0.4, 0.5) is 10.1 Å². The summed E-state index contributed by atoms with van der Waals surface area (Å²) in [5.41, 5.74) is 2.63. The van der Waals surface area contributed by atoms with Gasteiger partial charge in [0.05, 0.1) is 25.5 Å². The summed E-state index contributed by atoms with van der Waals surface area (Å²) in [5, 5.41) is 7.38. The van der Waals surface area contributed by atoms with Crippen molar-refractivity contribution in [2.45, 2.75) is 0 Å². The van der Waals surface area contributed by atoms with Gasteiger partial charge in [-0.15, -0.1) is 0 Å². The molecule has 6 nitrogen and oxygen atoms in total. The molecule has 4 rings (SSSR count). The maximum Gasteiger partial charge on any atom is 0.259 e. The lowest BCUT2D eigenvalue weighted by atomic mass is 10.1. The van der Waals surface area contributed by atoms with E-state index in [0.717, 1.165) is 5.69 Å². The van der Waals surface area contributed by atoms with Crippen LogP contribution in [0.3, 0.4) is 0 Å². The van der Waals surface area contributed by atoms with Crippen LogP contribution in [-0.4, -0.2) is 29.9 Å². The highest BCUT2D eigenvalue weighted by atomic mass is 19.1. The number of rotatable bonds is 6. The number of hydrogen-bond donors (Lipinski definition) is 1. The molecule has 1 amide bonds. The van der Waals surface area contributed by atoms with Crippen LogP contribution in [0, 0.1) is 5.82 Å².